The number of benzene rings is 2. The van der Waals surface area contributed by atoms with Crippen LogP contribution in [0.1, 0.15) is 32.7 Å². The molecule has 1 N–H and O–H groups in total. The molecule has 4 heteroatoms. The van der Waals surface area contributed by atoms with Gasteiger partial charge in [0, 0.05) is 24.0 Å². The number of rotatable bonds is 2. The number of carbonyl (C=O) groups excluding carboxylic acids is 1. The second kappa shape index (κ2) is 5.96. The Balaban J connectivity index is 1.64. The minimum absolute atomic E-state index is 0.0572. The third-order valence-electron chi connectivity index (χ3n) is 5.29. The number of hydrogen-bond acceptors (Lipinski definition) is 2. The molecule has 1 aliphatic heterocycles. The Kier molecular flexibility index (Phi) is 3.75. The lowest BCUT2D eigenvalue weighted by molar-refractivity contribution is 0.0729. The molecule has 0 saturated carbocycles. The highest BCUT2D eigenvalue weighted by molar-refractivity contribution is 5.99. The third-order valence-corrected chi connectivity index (χ3v) is 5.29. The predicted octanol–water partition coefficient (Wildman–Crippen LogP) is 3.99. The van der Waals surface area contributed by atoms with Crippen molar-refractivity contribution in [2.75, 3.05) is 13.7 Å². The molecule has 4 rings (SSSR count). The van der Waals surface area contributed by atoms with Crippen molar-refractivity contribution in [3.63, 3.8) is 0 Å². The second-order valence-corrected chi connectivity index (χ2v) is 6.76. The normalized spacial score (nSPS) is 13.8. The maximum atomic E-state index is 13.0. The molecule has 2 aromatic carbocycles. The van der Waals surface area contributed by atoms with E-state index >= 15 is 0 Å². The van der Waals surface area contributed by atoms with Gasteiger partial charge in [-0.15, -0.1) is 0 Å². The summed E-state index contributed by atoms with van der Waals surface area (Å²) in [5.41, 5.74) is 6.61. The molecule has 3 aromatic rings. The maximum absolute atomic E-state index is 13.0. The molecule has 0 aliphatic carbocycles. The topological polar surface area (TPSA) is 45.3 Å². The van der Waals surface area contributed by atoms with E-state index in [1.54, 1.807) is 7.11 Å². The highest BCUT2D eigenvalue weighted by Gasteiger charge is 2.23. The molecule has 2 heterocycles. The van der Waals surface area contributed by atoms with E-state index in [0.29, 0.717) is 12.2 Å². The van der Waals surface area contributed by atoms with E-state index in [9.17, 15) is 4.79 Å². The third kappa shape index (κ3) is 2.68. The second-order valence-electron chi connectivity index (χ2n) is 6.76. The van der Waals surface area contributed by atoms with E-state index in [-0.39, 0.29) is 5.91 Å². The number of fused-ring (bicyclic) bond motifs is 2. The van der Waals surface area contributed by atoms with Gasteiger partial charge >= 0.3 is 0 Å². The zero-order chi connectivity index (χ0) is 17.6. The zero-order valence-corrected chi connectivity index (χ0v) is 14.8. The number of nitrogens with zero attached hydrogens (tertiary/aromatic N) is 1. The molecule has 25 heavy (non-hydrogen) atoms. The van der Waals surface area contributed by atoms with E-state index in [2.05, 4.69) is 31.0 Å². The van der Waals surface area contributed by atoms with Gasteiger partial charge in [-0.05, 0) is 66.8 Å². The monoisotopic (exact) mass is 334 g/mol. The summed E-state index contributed by atoms with van der Waals surface area (Å²) in [4.78, 5) is 18.2. The van der Waals surface area contributed by atoms with Crippen LogP contribution < -0.4 is 4.74 Å². The molecule has 0 unspecified atom stereocenters. The van der Waals surface area contributed by atoms with E-state index in [1.807, 2.05) is 29.2 Å². The molecule has 1 aromatic heterocycles. The van der Waals surface area contributed by atoms with Crippen molar-refractivity contribution in [3.8, 4) is 5.75 Å². The Morgan fingerprint density at radius 1 is 1.12 bits per heavy atom. The van der Waals surface area contributed by atoms with Crippen molar-refractivity contribution < 1.29 is 9.53 Å². The minimum Gasteiger partial charge on any atom is -0.497 e. The number of nitrogens with one attached hydrogen (secondary N) is 1. The molecular formula is C21H22N2O2. The first-order valence-electron chi connectivity index (χ1n) is 8.61. The predicted molar refractivity (Wildman–Crippen MR) is 99.2 cm³/mol. The minimum atomic E-state index is 0.0572. The number of hydrogen-bond donors (Lipinski definition) is 1. The summed E-state index contributed by atoms with van der Waals surface area (Å²) in [5, 5.41) is 1.13. The fraction of sp³-hybridized carbons (Fsp3) is 0.286. The van der Waals surface area contributed by atoms with Gasteiger partial charge in [-0.1, -0.05) is 12.1 Å². The fourth-order valence-electron chi connectivity index (χ4n) is 3.58. The average Bonchev–Trinajstić information content (AvgIpc) is 3.08. The van der Waals surface area contributed by atoms with E-state index in [4.69, 9.17) is 4.74 Å². The molecule has 0 fully saturated rings. The zero-order valence-electron chi connectivity index (χ0n) is 14.8. The molecule has 4 nitrogen and oxygen atoms in total. The molecular weight excluding hydrogens is 312 g/mol. The highest BCUT2D eigenvalue weighted by atomic mass is 16.5. The molecule has 0 spiro atoms. The maximum Gasteiger partial charge on any atom is 0.270 e. The Labute approximate surface area is 147 Å². The van der Waals surface area contributed by atoms with Gasteiger partial charge in [0.05, 0.1) is 7.11 Å². The number of aryl methyl sites for hydroxylation is 2. The first-order valence-corrected chi connectivity index (χ1v) is 8.61. The molecule has 1 amide bonds. The smallest absolute Gasteiger partial charge is 0.270 e. The largest absolute Gasteiger partial charge is 0.497 e. The lowest BCUT2D eigenvalue weighted by atomic mass is 9.99. The van der Waals surface area contributed by atoms with Crippen molar-refractivity contribution >= 4 is 16.8 Å². The summed E-state index contributed by atoms with van der Waals surface area (Å²) < 4.78 is 5.32. The van der Waals surface area contributed by atoms with Crippen molar-refractivity contribution in [1.82, 2.24) is 9.88 Å². The van der Waals surface area contributed by atoms with Crippen LogP contribution in [0.25, 0.3) is 10.9 Å². The molecule has 1 aliphatic rings. The Morgan fingerprint density at radius 3 is 2.76 bits per heavy atom. The molecule has 0 radical (unpaired) electrons. The average molecular weight is 334 g/mol. The fourth-order valence-corrected chi connectivity index (χ4v) is 3.58. The van der Waals surface area contributed by atoms with Crippen LogP contribution in [-0.4, -0.2) is 29.4 Å². The van der Waals surface area contributed by atoms with Gasteiger partial charge in [0.2, 0.25) is 0 Å². The Bertz CT molecular complexity index is 971. The number of methoxy groups -OCH3 is 1. The molecule has 0 saturated heterocycles. The van der Waals surface area contributed by atoms with Crippen LogP contribution in [0, 0.1) is 13.8 Å². The van der Waals surface area contributed by atoms with Gasteiger partial charge in [-0.2, -0.15) is 0 Å². The number of H-pyrrole nitrogens is 1. The van der Waals surface area contributed by atoms with Crippen LogP contribution in [-0.2, 0) is 13.0 Å². The van der Waals surface area contributed by atoms with Crippen LogP contribution in [0.3, 0.4) is 0 Å². The quantitative estimate of drug-likeness (QED) is 0.770. The van der Waals surface area contributed by atoms with Gasteiger partial charge in [0.15, 0.2) is 0 Å². The number of aromatic nitrogens is 1. The Morgan fingerprint density at radius 2 is 1.96 bits per heavy atom. The molecule has 0 bridgehead atoms. The Hall–Kier alpha value is -2.75. The first-order chi connectivity index (χ1) is 12.1. The van der Waals surface area contributed by atoms with Crippen LogP contribution >= 0.6 is 0 Å². The number of ether oxygens (including phenoxy) is 1. The van der Waals surface area contributed by atoms with Crippen LogP contribution in [0.2, 0.25) is 0 Å². The van der Waals surface area contributed by atoms with Crippen molar-refractivity contribution in [3.05, 3.63) is 64.3 Å². The van der Waals surface area contributed by atoms with Gasteiger partial charge < -0.3 is 14.6 Å². The van der Waals surface area contributed by atoms with Gasteiger partial charge in [0.1, 0.15) is 11.4 Å². The van der Waals surface area contributed by atoms with Gasteiger partial charge in [-0.3, -0.25) is 4.79 Å². The summed E-state index contributed by atoms with van der Waals surface area (Å²) in [5.74, 6) is 0.895. The van der Waals surface area contributed by atoms with Crippen LogP contribution in [0.15, 0.2) is 36.4 Å². The standard InChI is InChI=1S/C21H22N2O2/c1-13-4-7-19-18(14(13)2)11-20(22-19)21(24)23-9-8-15-5-6-17(25-3)10-16(15)12-23/h4-7,10-11,22H,8-9,12H2,1-3H3. The summed E-state index contributed by atoms with van der Waals surface area (Å²) in [7, 11) is 1.67. The van der Waals surface area contributed by atoms with Crippen LogP contribution in [0.5, 0.6) is 5.75 Å². The lowest BCUT2D eigenvalue weighted by Crippen LogP contribution is -2.36. The summed E-state index contributed by atoms with van der Waals surface area (Å²) >= 11 is 0. The SMILES string of the molecule is COc1ccc2c(c1)CN(C(=O)c1cc3c(C)c(C)ccc3[nH]1)CC2. The van der Waals surface area contributed by atoms with E-state index in [0.717, 1.165) is 29.6 Å². The molecule has 128 valence electrons. The number of carbonyl (C=O) groups is 1. The number of amides is 1. The molecule has 0 atom stereocenters. The summed E-state index contributed by atoms with van der Waals surface area (Å²) in [6.45, 7) is 5.56. The summed E-state index contributed by atoms with van der Waals surface area (Å²) in [6.07, 6.45) is 0.878. The van der Waals surface area contributed by atoms with E-state index in [1.165, 1.54) is 22.3 Å². The van der Waals surface area contributed by atoms with Crippen molar-refractivity contribution in [1.29, 1.82) is 0 Å². The van der Waals surface area contributed by atoms with E-state index < -0.39 is 0 Å². The first kappa shape index (κ1) is 15.8. The summed E-state index contributed by atoms with van der Waals surface area (Å²) in [6, 6.07) is 12.2. The van der Waals surface area contributed by atoms with Crippen molar-refractivity contribution in [2.24, 2.45) is 0 Å². The van der Waals surface area contributed by atoms with Crippen LogP contribution in [0.4, 0.5) is 0 Å². The van der Waals surface area contributed by atoms with Gasteiger partial charge in [-0.25, -0.2) is 0 Å². The lowest BCUT2D eigenvalue weighted by Gasteiger charge is -2.28. The number of aromatic amines is 1. The van der Waals surface area contributed by atoms with Gasteiger partial charge in [0.25, 0.3) is 5.91 Å². The van der Waals surface area contributed by atoms with Crippen molar-refractivity contribution in [2.45, 2.75) is 26.8 Å². The highest BCUT2D eigenvalue weighted by Crippen LogP contribution is 2.27.